The number of carbonyl (C=O) groups is 3. The number of rotatable bonds is 14. The highest BCUT2D eigenvalue weighted by Gasteiger charge is 2.35. The third-order valence-electron chi connectivity index (χ3n) is 14.0. The number of imidazole rings is 1. The lowest BCUT2D eigenvalue weighted by Crippen LogP contribution is -2.53. The Kier molecular flexibility index (Phi) is 14.6. The van der Waals surface area contributed by atoms with E-state index in [-0.39, 0.29) is 48.1 Å². The maximum atomic E-state index is 14.6. The number of ether oxygens (including phenoxy) is 1. The number of aryl methyl sites for hydroxylation is 2. The number of benzene rings is 2. The summed E-state index contributed by atoms with van der Waals surface area (Å²) in [6, 6.07) is 8.46. The number of nitrogens with one attached hydrogen (secondary N) is 3. The summed E-state index contributed by atoms with van der Waals surface area (Å²) in [6.45, 7) is 9.59. The minimum Gasteiger partial charge on any atom is -0.404 e. The molecule has 0 radical (unpaired) electrons. The van der Waals surface area contributed by atoms with Crippen molar-refractivity contribution in [2.75, 3.05) is 89.3 Å². The van der Waals surface area contributed by atoms with Crippen LogP contribution in [-0.4, -0.2) is 145 Å². The van der Waals surface area contributed by atoms with Gasteiger partial charge in [-0.3, -0.25) is 38.7 Å². The van der Waals surface area contributed by atoms with Gasteiger partial charge in [-0.2, -0.15) is 0 Å². The van der Waals surface area contributed by atoms with E-state index in [4.69, 9.17) is 16.2 Å². The lowest BCUT2D eigenvalue weighted by molar-refractivity contribution is -0.135. The number of alkyl halides is 2. The number of imide groups is 1. The fraction of sp³-hybridized carbons (Fsp3) is 0.553. The van der Waals surface area contributed by atoms with Crippen LogP contribution in [0.2, 0.25) is 0 Å². The molecule has 66 heavy (non-hydrogen) atoms. The maximum Gasteiger partial charge on any atom is 0.329 e. The van der Waals surface area contributed by atoms with Gasteiger partial charge < -0.3 is 41.5 Å². The summed E-state index contributed by atoms with van der Waals surface area (Å²) in [5, 5.41) is 9.74. The number of nitrogens with zero attached hydrogens (tertiary/aromatic N) is 7. The molecule has 1 aromatic heterocycles. The number of anilines is 2. The Bertz CT molecular complexity index is 2460. The first kappa shape index (κ1) is 46.9. The Morgan fingerprint density at radius 1 is 1.03 bits per heavy atom. The number of morpholine rings is 1. The van der Waals surface area contributed by atoms with E-state index in [0.29, 0.717) is 67.1 Å². The number of likely N-dealkylation sites (tertiary alicyclic amines) is 1. The topological polar surface area (TPSA) is 201 Å². The standard InChI is InChI=1S/C47H64F2N12O5/c1-29(62)59-17-13-37(36(28-59)45(51)60-14-5-6-30-22-34(31(24-50)25-52-2)35(44(48)49)23-41(30)60)54-32-11-15-57(16-12-32)18-19-58-20-21-66-33(27-58)26-53-38-7-4-8-39-43(38)56(3)47(65)61(39)40-9-10-42(63)55-46(40)64/h4,7-8,22-25,32-33,40,44-45,53-54H,5-6,9-21,26-28,50-51H2,1-3H3,(H,55,63,64). The Morgan fingerprint density at radius 2 is 1.82 bits per heavy atom. The van der Waals surface area contributed by atoms with Crippen molar-refractivity contribution in [3.8, 4) is 0 Å². The largest absolute Gasteiger partial charge is 0.404 e. The van der Waals surface area contributed by atoms with Crippen molar-refractivity contribution in [3.05, 3.63) is 75.0 Å². The minimum absolute atomic E-state index is 0.0257. The molecule has 3 saturated heterocycles. The van der Waals surface area contributed by atoms with Gasteiger partial charge in [-0.25, -0.2) is 13.6 Å². The van der Waals surface area contributed by atoms with Gasteiger partial charge in [0, 0.05) is 146 Å². The number of amides is 3. The van der Waals surface area contributed by atoms with E-state index in [1.807, 2.05) is 28.0 Å². The van der Waals surface area contributed by atoms with Crippen molar-refractivity contribution >= 4 is 51.9 Å². The van der Waals surface area contributed by atoms with Crippen molar-refractivity contribution in [2.45, 2.75) is 82.6 Å². The fourth-order valence-electron chi connectivity index (χ4n) is 10.4. The zero-order valence-corrected chi connectivity index (χ0v) is 38.2. The molecule has 5 aliphatic rings. The molecule has 6 heterocycles. The van der Waals surface area contributed by atoms with E-state index in [1.165, 1.54) is 17.0 Å². The molecule has 5 aliphatic heterocycles. The van der Waals surface area contributed by atoms with Crippen LogP contribution >= 0.6 is 0 Å². The smallest absolute Gasteiger partial charge is 0.329 e. The Hall–Kier alpha value is -5.63. The molecule has 0 saturated carbocycles. The van der Waals surface area contributed by atoms with Gasteiger partial charge in [0.05, 0.1) is 29.4 Å². The normalized spacial score (nSPS) is 22.4. The van der Waals surface area contributed by atoms with Gasteiger partial charge in [-0.1, -0.05) is 6.07 Å². The molecular weight excluding hydrogens is 851 g/mol. The first-order valence-corrected chi connectivity index (χ1v) is 23.2. The molecule has 3 unspecified atom stereocenters. The van der Waals surface area contributed by atoms with Crippen LogP contribution in [0, 0.1) is 0 Å². The fourth-order valence-corrected chi connectivity index (χ4v) is 10.4. The van der Waals surface area contributed by atoms with Crippen molar-refractivity contribution in [3.63, 3.8) is 0 Å². The second kappa shape index (κ2) is 20.5. The number of piperidine rings is 2. The van der Waals surface area contributed by atoms with Gasteiger partial charge in [0.15, 0.2) is 0 Å². The first-order chi connectivity index (χ1) is 31.8. The molecule has 3 fully saturated rings. The van der Waals surface area contributed by atoms with Crippen molar-refractivity contribution in [1.29, 1.82) is 0 Å². The summed E-state index contributed by atoms with van der Waals surface area (Å²) in [4.78, 5) is 63.4. The lowest BCUT2D eigenvalue weighted by Gasteiger charge is -2.42. The summed E-state index contributed by atoms with van der Waals surface area (Å²) in [6.07, 6.45) is 3.91. The summed E-state index contributed by atoms with van der Waals surface area (Å²) >= 11 is 0. The van der Waals surface area contributed by atoms with Crippen molar-refractivity contribution < 1.29 is 27.9 Å². The van der Waals surface area contributed by atoms with Gasteiger partial charge in [0.25, 0.3) is 6.43 Å². The van der Waals surface area contributed by atoms with Gasteiger partial charge in [0.2, 0.25) is 17.7 Å². The summed E-state index contributed by atoms with van der Waals surface area (Å²) in [5.74, 6) is -0.812. The molecule has 7 N–H and O–H groups in total. The third-order valence-corrected chi connectivity index (χ3v) is 14.0. The second-order valence-corrected chi connectivity index (χ2v) is 18.1. The van der Waals surface area contributed by atoms with Gasteiger partial charge in [0.1, 0.15) is 12.2 Å². The number of hydrogen-bond acceptors (Lipinski definition) is 13. The molecule has 2 aromatic carbocycles. The summed E-state index contributed by atoms with van der Waals surface area (Å²) < 4.78 is 38.4. The number of aliphatic imine (C=N–C) groups is 1. The van der Waals surface area contributed by atoms with E-state index in [2.05, 4.69) is 30.7 Å². The predicted molar refractivity (Wildman–Crippen MR) is 251 cm³/mol. The average molecular weight is 915 g/mol. The number of carbonyl (C=O) groups excluding carboxylic acids is 3. The van der Waals surface area contributed by atoms with Crippen LogP contribution < -0.4 is 38.0 Å². The zero-order chi connectivity index (χ0) is 46.6. The number of para-hydroxylation sites is 1. The molecule has 3 amide bonds. The number of nitrogens with two attached hydrogens (primary N) is 2. The Morgan fingerprint density at radius 3 is 2.55 bits per heavy atom. The molecule has 0 aliphatic carbocycles. The van der Waals surface area contributed by atoms with Crippen LogP contribution in [0.3, 0.4) is 0 Å². The van der Waals surface area contributed by atoms with Gasteiger partial charge in [-0.05, 0) is 67.5 Å². The van der Waals surface area contributed by atoms with Crippen LogP contribution in [0.5, 0.6) is 0 Å². The van der Waals surface area contributed by atoms with E-state index in [9.17, 15) is 28.0 Å². The quantitative estimate of drug-likeness (QED) is 0.117. The number of allylic oxidation sites excluding steroid dienone is 1. The Labute approximate surface area is 383 Å². The zero-order valence-electron chi connectivity index (χ0n) is 38.2. The van der Waals surface area contributed by atoms with Crippen LogP contribution in [-0.2, 0) is 32.6 Å². The number of halogens is 2. The third kappa shape index (κ3) is 9.89. The highest BCUT2D eigenvalue weighted by atomic mass is 19.3. The number of hydrogen-bond donors (Lipinski definition) is 5. The summed E-state index contributed by atoms with van der Waals surface area (Å²) in [7, 11) is 3.28. The van der Waals surface area contributed by atoms with E-state index < -0.39 is 24.5 Å². The number of aromatic nitrogens is 2. The van der Waals surface area contributed by atoms with Crippen LogP contribution in [0.4, 0.5) is 20.2 Å². The predicted octanol–water partition coefficient (Wildman–Crippen LogP) is 2.67. The molecule has 3 aromatic rings. The van der Waals surface area contributed by atoms with Crippen molar-refractivity contribution in [2.24, 2.45) is 23.5 Å². The molecule has 0 spiro atoms. The molecule has 8 rings (SSSR count). The highest BCUT2D eigenvalue weighted by molar-refractivity contribution is 6.10. The van der Waals surface area contributed by atoms with Gasteiger partial charge in [-0.15, -0.1) is 0 Å². The first-order valence-electron chi connectivity index (χ1n) is 23.2. The second-order valence-electron chi connectivity index (χ2n) is 18.1. The molecule has 0 bridgehead atoms. The monoisotopic (exact) mass is 915 g/mol. The number of fused-ring (bicyclic) bond motifs is 2. The SMILES string of the molecule is CN=CC(=CN)c1cc2c(cc1C(F)F)N(C(N)C1=C(NC3CCN(CCN4CCOC(CNc5cccc6c5n(C)c(=O)n6C5CCC(=O)NC5=O)C4)CC3)CCN(C(C)=O)C1)CCC2. The maximum absolute atomic E-state index is 14.6. The van der Waals surface area contributed by atoms with Crippen molar-refractivity contribution in [1.82, 2.24) is 34.5 Å². The van der Waals surface area contributed by atoms with E-state index in [1.54, 1.807) is 37.7 Å². The molecular formula is C47H64F2N12O5. The van der Waals surface area contributed by atoms with Crippen LogP contribution in [0.25, 0.3) is 16.6 Å². The molecule has 17 nitrogen and oxygen atoms in total. The lowest BCUT2D eigenvalue weighted by atomic mass is 9.91. The minimum atomic E-state index is -2.73. The molecule has 19 heteroatoms. The van der Waals surface area contributed by atoms with Gasteiger partial charge >= 0.3 is 5.69 Å². The van der Waals surface area contributed by atoms with E-state index >= 15 is 0 Å². The Balaban J connectivity index is 0.870. The average Bonchev–Trinajstić information content (AvgIpc) is 3.57. The highest BCUT2D eigenvalue weighted by Crippen LogP contribution is 2.38. The molecule has 3 atom stereocenters. The van der Waals surface area contributed by atoms with Crippen LogP contribution in [0.15, 0.2) is 57.6 Å². The van der Waals surface area contributed by atoms with Crippen LogP contribution in [0.1, 0.15) is 74.6 Å². The molecule has 356 valence electrons. The van der Waals surface area contributed by atoms with E-state index in [0.717, 1.165) is 87.5 Å². The summed E-state index contributed by atoms with van der Waals surface area (Å²) in [5.41, 5.74) is 19.0.